The van der Waals surface area contributed by atoms with Crippen LogP contribution in [0, 0.1) is 0 Å². The van der Waals surface area contributed by atoms with Crippen molar-refractivity contribution < 1.29 is 23.8 Å². The molecule has 1 aliphatic rings. The van der Waals surface area contributed by atoms with Crippen molar-refractivity contribution in [3.63, 3.8) is 0 Å². The highest BCUT2D eigenvalue weighted by molar-refractivity contribution is 6.30. The van der Waals surface area contributed by atoms with Crippen molar-refractivity contribution in [2.75, 3.05) is 33.2 Å². The molecule has 0 saturated heterocycles. The number of carbonyl (C=O) groups is 2. The van der Waals surface area contributed by atoms with E-state index in [2.05, 4.69) is 5.32 Å². The van der Waals surface area contributed by atoms with E-state index in [1.165, 1.54) is 7.11 Å². The van der Waals surface area contributed by atoms with Gasteiger partial charge in [0, 0.05) is 17.3 Å². The highest BCUT2D eigenvalue weighted by Gasteiger charge is 2.34. The molecular weight excluding hydrogens is 396 g/mol. The van der Waals surface area contributed by atoms with Crippen LogP contribution in [0.1, 0.15) is 23.6 Å². The molecular formula is C21H23ClN2O5. The third-order valence-electron chi connectivity index (χ3n) is 4.93. The van der Waals surface area contributed by atoms with Gasteiger partial charge in [-0.3, -0.25) is 4.79 Å². The molecule has 0 fully saturated rings. The Morgan fingerprint density at radius 1 is 1.14 bits per heavy atom. The molecule has 2 amide bonds. The van der Waals surface area contributed by atoms with Crippen molar-refractivity contribution >= 4 is 29.3 Å². The Hall–Kier alpha value is -2.93. The number of ether oxygens (including phenoxy) is 3. The topological polar surface area (TPSA) is 77.1 Å². The Bertz CT molecular complexity index is 918. The molecule has 7 nitrogen and oxygen atoms in total. The lowest BCUT2D eigenvalue weighted by atomic mass is 9.90. The average Bonchev–Trinajstić information content (AvgIpc) is 2.72. The van der Waals surface area contributed by atoms with Crippen LogP contribution in [-0.4, -0.2) is 44.8 Å². The van der Waals surface area contributed by atoms with E-state index in [0.717, 1.165) is 11.1 Å². The van der Waals surface area contributed by atoms with E-state index in [1.807, 2.05) is 12.1 Å². The molecule has 1 N–H and O–H groups in total. The molecule has 1 atom stereocenters. The smallest absolute Gasteiger partial charge is 0.322 e. The first-order valence-corrected chi connectivity index (χ1v) is 9.49. The quantitative estimate of drug-likeness (QED) is 0.741. The van der Waals surface area contributed by atoms with Crippen LogP contribution < -0.4 is 14.8 Å². The van der Waals surface area contributed by atoms with E-state index in [4.69, 9.17) is 25.8 Å². The van der Waals surface area contributed by atoms with Crippen LogP contribution in [0.15, 0.2) is 36.4 Å². The summed E-state index contributed by atoms with van der Waals surface area (Å²) in [4.78, 5) is 26.7. The van der Waals surface area contributed by atoms with E-state index in [9.17, 15) is 9.59 Å². The van der Waals surface area contributed by atoms with Gasteiger partial charge < -0.3 is 24.4 Å². The van der Waals surface area contributed by atoms with Crippen molar-refractivity contribution in [2.24, 2.45) is 0 Å². The molecule has 0 bridgehead atoms. The number of nitrogens with one attached hydrogen (secondary N) is 1. The SMILES string of the molecule is COC(=O)C[C@H]1c2cc(OC)c(OC)cc2CCN1C(=O)Nc1cccc(Cl)c1. The van der Waals surface area contributed by atoms with Gasteiger partial charge in [-0.2, -0.15) is 0 Å². The van der Waals surface area contributed by atoms with Gasteiger partial charge in [-0.05, 0) is 47.9 Å². The van der Waals surface area contributed by atoms with Crippen LogP contribution in [0.5, 0.6) is 11.5 Å². The minimum atomic E-state index is -0.495. The van der Waals surface area contributed by atoms with Crippen LogP contribution in [0.2, 0.25) is 5.02 Å². The predicted molar refractivity (Wildman–Crippen MR) is 110 cm³/mol. The molecule has 3 rings (SSSR count). The number of anilines is 1. The van der Waals surface area contributed by atoms with E-state index in [-0.39, 0.29) is 12.5 Å². The van der Waals surface area contributed by atoms with Crippen molar-refractivity contribution in [3.8, 4) is 11.5 Å². The Kier molecular flexibility index (Phi) is 6.49. The predicted octanol–water partition coefficient (Wildman–Crippen LogP) is 4.05. The van der Waals surface area contributed by atoms with Gasteiger partial charge in [-0.1, -0.05) is 17.7 Å². The second kappa shape index (κ2) is 9.05. The number of carbonyl (C=O) groups excluding carboxylic acids is 2. The third kappa shape index (κ3) is 4.56. The van der Waals surface area contributed by atoms with Crippen molar-refractivity contribution in [1.82, 2.24) is 4.90 Å². The molecule has 0 radical (unpaired) electrons. The molecule has 0 spiro atoms. The molecule has 1 aliphatic heterocycles. The monoisotopic (exact) mass is 418 g/mol. The summed E-state index contributed by atoms with van der Waals surface area (Å²) in [6, 6.07) is 9.81. The number of urea groups is 1. The van der Waals surface area contributed by atoms with Crippen LogP contribution in [-0.2, 0) is 16.0 Å². The number of hydrogen-bond donors (Lipinski definition) is 1. The van der Waals surface area contributed by atoms with E-state index < -0.39 is 12.0 Å². The van der Waals surface area contributed by atoms with Gasteiger partial charge in [-0.15, -0.1) is 0 Å². The Morgan fingerprint density at radius 3 is 2.52 bits per heavy atom. The number of esters is 1. The standard InChI is InChI=1S/C21H23ClN2O5/c1-27-18-9-13-7-8-24(21(26)23-15-6-4-5-14(22)10-15)17(12-20(25)29-3)16(13)11-19(18)28-2/h4-6,9-11,17H,7-8,12H2,1-3H3,(H,23,26)/t17-/m0/s1. The zero-order valence-electron chi connectivity index (χ0n) is 16.5. The maximum atomic E-state index is 13.0. The number of benzene rings is 2. The number of halogens is 1. The summed E-state index contributed by atoms with van der Waals surface area (Å²) in [6.07, 6.45) is 0.651. The van der Waals surface area contributed by atoms with Gasteiger partial charge in [-0.25, -0.2) is 4.79 Å². The van der Waals surface area contributed by atoms with Gasteiger partial charge in [0.25, 0.3) is 0 Å². The fourth-order valence-corrected chi connectivity index (χ4v) is 3.68. The van der Waals surface area contributed by atoms with Crippen LogP contribution >= 0.6 is 11.6 Å². The summed E-state index contributed by atoms with van der Waals surface area (Å²) >= 11 is 6.01. The van der Waals surface area contributed by atoms with Crippen LogP contribution in [0.3, 0.4) is 0 Å². The molecule has 0 aliphatic carbocycles. The number of rotatable bonds is 5. The fourth-order valence-electron chi connectivity index (χ4n) is 3.49. The zero-order chi connectivity index (χ0) is 21.0. The minimum Gasteiger partial charge on any atom is -0.493 e. The van der Waals surface area contributed by atoms with E-state index in [1.54, 1.807) is 43.4 Å². The molecule has 8 heteroatoms. The number of methoxy groups -OCH3 is 3. The van der Waals surface area contributed by atoms with Crippen LogP contribution in [0.25, 0.3) is 0 Å². The summed E-state index contributed by atoms with van der Waals surface area (Å²) in [7, 11) is 4.45. The second-order valence-corrected chi connectivity index (χ2v) is 7.02. The Balaban J connectivity index is 1.95. The minimum absolute atomic E-state index is 0.0297. The highest BCUT2D eigenvalue weighted by atomic mass is 35.5. The normalized spacial score (nSPS) is 15.3. The van der Waals surface area contributed by atoms with Gasteiger partial charge in [0.2, 0.25) is 0 Å². The Morgan fingerprint density at radius 2 is 1.86 bits per heavy atom. The van der Waals surface area contributed by atoms with Crippen molar-refractivity contribution in [2.45, 2.75) is 18.9 Å². The lowest BCUT2D eigenvalue weighted by molar-refractivity contribution is -0.141. The molecule has 0 unspecified atom stereocenters. The molecule has 0 saturated carbocycles. The average molecular weight is 419 g/mol. The first kappa shape index (κ1) is 20.8. The molecule has 29 heavy (non-hydrogen) atoms. The Labute approximate surface area is 174 Å². The maximum absolute atomic E-state index is 13.0. The van der Waals surface area contributed by atoms with Crippen LogP contribution in [0.4, 0.5) is 10.5 Å². The van der Waals surface area contributed by atoms with Crippen molar-refractivity contribution in [1.29, 1.82) is 0 Å². The maximum Gasteiger partial charge on any atom is 0.322 e. The molecule has 154 valence electrons. The highest BCUT2D eigenvalue weighted by Crippen LogP contribution is 2.39. The van der Waals surface area contributed by atoms with Gasteiger partial charge in [0.1, 0.15) is 0 Å². The zero-order valence-corrected chi connectivity index (χ0v) is 17.3. The number of amides is 2. The summed E-state index contributed by atoms with van der Waals surface area (Å²) in [5.41, 5.74) is 2.42. The number of hydrogen-bond acceptors (Lipinski definition) is 5. The van der Waals surface area contributed by atoms with E-state index >= 15 is 0 Å². The van der Waals surface area contributed by atoms with Gasteiger partial charge in [0.05, 0.1) is 33.8 Å². The molecule has 0 aromatic heterocycles. The third-order valence-corrected chi connectivity index (χ3v) is 5.16. The second-order valence-electron chi connectivity index (χ2n) is 6.59. The summed E-state index contributed by atoms with van der Waals surface area (Å²) < 4.78 is 15.7. The van der Waals surface area contributed by atoms with E-state index in [0.29, 0.717) is 35.2 Å². The van der Waals surface area contributed by atoms with Gasteiger partial charge >= 0.3 is 12.0 Å². The summed E-state index contributed by atoms with van der Waals surface area (Å²) in [5.74, 6) is 0.747. The first-order chi connectivity index (χ1) is 14.0. The van der Waals surface area contributed by atoms with Crippen molar-refractivity contribution in [3.05, 3.63) is 52.5 Å². The fraction of sp³-hybridized carbons (Fsp3) is 0.333. The lowest BCUT2D eigenvalue weighted by Gasteiger charge is -2.37. The molecule has 2 aromatic rings. The molecule has 2 aromatic carbocycles. The summed E-state index contributed by atoms with van der Waals surface area (Å²) in [5, 5.41) is 3.37. The lowest BCUT2D eigenvalue weighted by Crippen LogP contribution is -2.43. The van der Waals surface area contributed by atoms with Gasteiger partial charge in [0.15, 0.2) is 11.5 Å². The number of fused-ring (bicyclic) bond motifs is 1. The summed E-state index contributed by atoms with van der Waals surface area (Å²) in [6.45, 7) is 0.441. The number of nitrogens with zero attached hydrogens (tertiary/aromatic N) is 1. The molecule has 1 heterocycles. The first-order valence-electron chi connectivity index (χ1n) is 9.11. The largest absolute Gasteiger partial charge is 0.493 e.